The van der Waals surface area contributed by atoms with Crippen LogP contribution in [0.4, 0.5) is 13.2 Å². The quantitative estimate of drug-likeness (QED) is 0.900. The third-order valence-electron chi connectivity index (χ3n) is 5.44. The van der Waals surface area contributed by atoms with E-state index in [1.54, 1.807) is 6.08 Å². The van der Waals surface area contributed by atoms with Crippen LogP contribution < -0.4 is 0 Å². The highest BCUT2D eigenvalue weighted by molar-refractivity contribution is 5.96. The standard InChI is InChI=1S/C18H19F3O2/c1-17(2)13-9-14(17)16(23)8-11(13)7-15(22)10-3-5-12(6-4-10)18(19,20)21/h3-6,8,13-15,22H,7,9H2,1-2H3. The van der Waals surface area contributed by atoms with Gasteiger partial charge in [0.1, 0.15) is 0 Å². The fraction of sp³-hybridized carbons (Fsp3) is 0.500. The maximum atomic E-state index is 12.6. The summed E-state index contributed by atoms with van der Waals surface area (Å²) in [5.41, 5.74) is 0.532. The van der Waals surface area contributed by atoms with E-state index < -0.39 is 17.8 Å². The first kappa shape index (κ1) is 16.2. The smallest absolute Gasteiger partial charge is 0.388 e. The van der Waals surface area contributed by atoms with Crippen LogP contribution in [0.1, 0.15) is 43.9 Å². The number of carbonyl (C=O) groups excluding carboxylic acids is 1. The Morgan fingerprint density at radius 2 is 1.83 bits per heavy atom. The summed E-state index contributed by atoms with van der Waals surface area (Å²) in [6, 6.07) is 4.55. The number of benzene rings is 1. The molecule has 0 radical (unpaired) electrons. The van der Waals surface area contributed by atoms with Gasteiger partial charge in [0.2, 0.25) is 0 Å². The molecule has 1 N–H and O–H groups in total. The molecule has 0 saturated heterocycles. The van der Waals surface area contributed by atoms with Crippen molar-refractivity contribution in [2.24, 2.45) is 17.3 Å². The number of hydrogen-bond donors (Lipinski definition) is 1. The molecule has 2 nitrogen and oxygen atoms in total. The number of alkyl halides is 3. The molecule has 3 unspecified atom stereocenters. The zero-order valence-electron chi connectivity index (χ0n) is 13.0. The van der Waals surface area contributed by atoms with Crippen LogP contribution in [-0.2, 0) is 11.0 Å². The van der Waals surface area contributed by atoms with Crippen molar-refractivity contribution >= 4 is 5.78 Å². The highest BCUT2D eigenvalue weighted by Crippen LogP contribution is 2.59. The molecule has 0 aliphatic heterocycles. The molecule has 3 aliphatic carbocycles. The van der Waals surface area contributed by atoms with E-state index in [1.165, 1.54) is 12.1 Å². The zero-order valence-corrected chi connectivity index (χ0v) is 13.0. The van der Waals surface area contributed by atoms with E-state index in [2.05, 4.69) is 13.8 Å². The van der Waals surface area contributed by atoms with E-state index in [1.807, 2.05) is 0 Å². The van der Waals surface area contributed by atoms with Gasteiger partial charge in [-0.25, -0.2) is 0 Å². The number of fused-ring (bicyclic) bond motifs is 1. The SMILES string of the molecule is CC1(C)C2CC1C(CC(O)c1ccc(C(F)(F)F)cc1)=CC2=O. The number of allylic oxidation sites excluding steroid dienone is 1. The Labute approximate surface area is 133 Å². The molecule has 0 amide bonds. The van der Waals surface area contributed by atoms with Crippen LogP contribution in [0.5, 0.6) is 0 Å². The highest BCUT2D eigenvalue weighted by atomic mass is 19.4. The second-order valence-corrected chi connectivity index (χ2v) is 7.12. The molecule has 0 spiro atoms. The predicted molar refractivity (Wildman–Crippen MR) is 79.5 cm³/mol. The van der Waals surface area contributed by atoms with Crippen molar-refractivity contribution in [1.29, 1.82) is 0 Å². The lowest BCUT2D eigenvalue weighted by molar-refractivity contribution is -0.137. The number of rotatable bonds is 3. The van der Waals surface area contributed by atoms with Crippen molar-refractivity contribution in [2.45, 2.75) is 39.0 Å². The van der Waals surface area contributed by atoms with E-state index in [0.717, 1.165) is 24.1 Å². The Morgan fingerprint density at radius 3 is 2.30 bits per heavy atom. The van der Waals surface area contributed by atoms with Gasteiger partial charge in [0.15, 0.2) is 5.78 Å². The molecule has 23 heavy (non-hydrogen) atoms. The maximum absolute atomic E-state index is 12.6. The first-order valence-corrected chi connectivity index (χ1v) is 7.70. The summed E-state index contributed by atoms with van der Waals surface area (Å²) < 4.78 is 37.7. The number of aliphatic hydroxyl groups excluding tert-OH is 1. The normalized spacial score (nSPS) is 27.2. The van der Waals surface area contributed by atoms with E-state index in [0.29, 0.717) is 5.56 Å². The molecule has 1 aromatic rings. The van der Waals surface area contributed by atoms with Gasteiger partial charge in [0, 0.05) is 5.92 Å². The summed E-state index contributed by atoms with van der Waals surface area (Å²) in [6.45, 7) is 4.11. The summed E-state index contributed by atoms with van der Waals surface area (Å²) in [5.74, 6) is 0.445. The fourth-order valence-electron chi connectivity index (χ4n) is 3.86. The first-order valence-electron chi connectivity index (χ1n) is 7.70. The van der Waals surface area contributed by atoms with E-state index in [-0.39, 0.29) is 29.5 Å². The van der Waals surface area contributed by atoms with Gasteiger partial charge >= 0.3 is 6.18 Å². The number of hydrogen-bond acceptors (Lipinski definition) is 2. The Kier molecular flexibility index (Phi) is 3.67. The third kappa shape index (κ3) is 2.71. The van der Waals surface area contributed by atoms with Crippen molar-refractivity contribution in [3.05, 3.63) is 47.0 Å². The largest absolute Gasteiger partial charge is 0.416 e. The van der Waals surface area contributed by atoms with Gasteiger partial charge in [0.05, 0.1) is 11.7 Å². The molecule has 5 heteroatoms. The predicted octanol–water partition coefficient (Wildman–Crippen LogP) is 4.30. The molecule has 1 fully saturated rings. The van der Waals surface area contributed by atoms with Crippen LogP contribution in [0.25, 0.3) is 0 Å². The van der Waals surface area contributed by atoms with E-state index in [4.69, 9.17) is 0 Å². The third-order valence-corrected chi connectivity index (χ3v) is 5.44. The van der Waals surface area contributed by atoms with Gasteiger partial charge in [-0.3, -0.25) is 4.79 Å². The lowest BCUT2D eigenvalue weighted by atomic mass is 9.48. The van der Waals surface area contributed by atoms with Gasteiger partial charge in [-0.15, -0.1) is 0 Å². The van der Waals surface area contributed by atoms with Crippen LogP contribution in [-0.4, -0.2) is 10.9 Å². The summed E-state index contributed by atoms with van der Waals surface area (Å²) >= 11 is 0. The minimum atomic E-state index is -4.38. The molecule has 0 heterocycles. The van der Waals surface area contributed by atoms with Gasteiger partial charge in [-0.05, 0) is 47.9 Å². The average molecular weight is 324 g/mol. The van der Waals surface area contributed by atoms with Gasteiger partial charge in [-0.1, -0.05) is 31.6 Å². The molecular weight excluding hydrogens is 305 g/mol. The molecule has 0 aromatic heterocycles. The van der Waals surface area contributed by atoms with Crippen LogP contribution >= 0.6 is 0 Å². The van der Waals surface area contributed by atoms with Gasteiger partial charge in [-0.2, -0.15) is 13.2 Å². The van der Waals surface area contributed by atoms with Crippen molar-refractivity contribution in [3.63, 3.8) is 0 Å². The number of ketones is 1. The van der Waals surface area contributed by atoms with Crippen molar-refractivity contribution < 1.29 is 23.1 Å². The second-order valence-electron chi connectivity index (χ2n) is 7.12. The number of aliphatic hydroxyl groups is 1. The Balaban J connectivity index is 1.75. The second kappa shape index (κ2) is 5.20. The average Bonchev–Trinajstić information content (AvgIpc) is 2.45. The minimum absolute atomic E-state index is 0.0689. The topological polar surface area (TPSA) is 37.3 Å². The first-order chi connectivity index (χ1) is 10.6. The number of carbonyl (C=O) groups is 1. The lowest BCUT2D eigenvalue weighted by Crippen LogP contribution is -2.52. The Morgan fingerprint density at radius 1 is 1.22 bits per heavy atom. The van der Waals surface area contributed by atoms with Gasteiger partial charge in [0.25, 0.3) is 0 Å². The molecule has 3 atom stereocenters. The minimum Gasteiger partial charge on any atom is -0.388 e. The molecule has 2 bridgehead atoms. The van der Waals surface area contributed by atoms with Crippen LogP contribution in [0, 0.1) is 17.3 Å². The summed E-state index contributed by atoms with van der Waals surface area (Å²) in [6.07, 6.45) is -2.55. The fourth-order valence-corrected chi connectivity index (χ4v) is 3.86. The van der Waals surface area contributed by atoms with Crippen LogP contribution in [0.2, 0.25) is 0 Å². The van der Waals surface area contributed by atoms with E-state index >= 15 is 0 Å². The molecule has 4 rings (SSSR count). The van der Waals surface area contributed by atoms with Crippen LogP contribution in [0.3, 0.4) is 0 Å². The summed E-state index contributed by atoms with van der Waals surface area (Å²) in [4.78, 5) is 12.0. The molecular formula is C18H19F3O2. The monoisotopic (exact) mass is 324 g/mol. The van der Waals surface area contributed by atoms with Crippen molar-refractivity contribution in [2.75, 3.05) is 0 Å². The molecule has 1 aromatic carbocycles. The van der Waals surface area contributed by atoms with Crippen LogP contribution in [0.15, 0.2) is 35.9 Å². The van der Waals surface area contributed by atoms with E-state index in [9.17, 15) is 23.1 Å². The summed E-state index contributed by atoms with van der Waals surface area (Å²) in [7, 11) is 0. The lowest BCUT2D eigenvalue weighted by Gasteiger charge is -2.55. The zero-order chi connectivity index (χ0) is 17.0. The maximum Gasteiger partial charge on any atom is 0.416 e. The van der Waals surface area contributed by atoms with Crippen molar-refractivity contribution in [3.8, 4) is 0 Å². The molecule has 3 aliphatic rings. The molecule has 124 valence electrons. The number of halogens is 3. The van der Waals surface area contributed by atoms with Gasteiger partial charge < -0.3 is 5.11 Å². The Hall–Kier alpha value is -1.62. The summed E-state index contributed by atoms with van der Waals surface area (Å²) in [5, 5.41) is 10.3. The molecule has 1 saturated carbocycles. The highest BCUT2D eigenvalue weighted by Gasteiger charge is 2.55. The van der Waals surface area contributed by atoms with Crippen molar-refractivity contribution in [1.82, 2.24) is 0 Å². The Bertz CT molecular complexity index is 656.